The normalized spacial score (nSPS) is 22.2. The zero-order chi connectivity index (χ0) is 16.2. The molecule has 2 atom stereocenters. The summed E-state index contributed by atoms with van der Waals surface area (Å²) in [5, 5.41) is 12.3. The van der Waals surface area contributed by atoms with Gasteiger partial charge in [-0.15, -0.1) is 12.4 Å². The van der Waals surface area contributed by atoms with Crippen LogP contribution in [0.2, 0.25) is 0 Å². The van der Waals surface area contributed by atoms with Gasteiger partial charge in [-0.2, -0.15) is 0 Å². The number of nitrogens with one attached hydrogen (secondary N) is 1. The van der Waals surface area contributed by atoms with Crippen LogP contribution in [0.4, 0.5) is 0 Å². The number of nitrogens with zero attached hydrogens (tertiary/aromatic N) is 1. The maximum absolute atomic E-state index is 12.4. The minimum absolute atomic E-state index is 0. The number of carbonyl (C=O) groups is 2. The molecule has 2 N–H and O–H groups in total. The molecule has 24 heavy (non-hydrogen) atoms. The standard InChI is InChI=1S/C18H24N2O3.ClH/c21-16(12-20-10-4-7-15(11-20)18(22)23)19-17(14-8-9-14)13-5-2-1-3-6-13;/h1-3,5-6,14-15,17H,4,7-12H2,(H,19,21)(H,22,23);1H. The Bertz CT molecular complexity index is 563. The van der Waals surface area contributed by atoms with E-state index in [2.05, 4.69) is 17.4 Å². The molecule has 3 rings (SSSR count). The van der Waals surface area contributed by atoms with Crippen LogP contribution in [0.1, 0.15) is 37.3 Å². The maximum Gasteiger partial charge on any atom is 0.307 e. The largest absolute Gasteiger partial charge is 0.481 e. The van der Waals surface area contributed by atoms with Crippen LogP contribution in [-0.4, -0.2) is 41.5 Å². The van der Waals surface area contributed by atoms with Crippen molar-refractivity contribution in [3.8, 4) is 0 Å². The van der Waals surface area contributed by atoms with Crippen molar-refractivity contribution < 1.29 is 14.7 Å². The van der Waals surface area contributed by atoms with E-state index >= 15 is 0 Å². The minimum atomic E-state index is -0.754. The quantitative estimate of drug-likeness (QED) is 0.825. The third-order valence-corrected chi connectivity index (χ3v) is 4.79. The summed E-state index contributed by atoms with van der Waals surface area (Å²) in [5.74, 6) is -0.564. The van der Waals surface area contributed by atoms with Crippen molar-refractivity contribution >= 4 is 24.3 Å². The second-order valence-corrected chi connectivity index (χ2v) is 6.71. The molecular formula is C18H25ClN2O3. The molecule has 1 amide bonds. The van der Waals surface area contributed by atoms with Gasteiger partial charge in [0.1, 0.15) is 0 Å². The number of aliphatic carboxylic acids is 1. The Morgan fingerprint density at radius 3 is 2.54 bits per heavy atom. The van der Waals surface area contributed by atoms with E-state index in [9.17, 15) is 9.59 Å². The first-order chi connectivity index (χ1) is 11.1. The second-order valence-electron chi connectivity index (χ2n) is 6.71. The predicted octanol–water partition coefficient (Wildman–Crippen LogP) is 2.47. The lowest BCUT2D eigenvalue weighted by molar-refractivity contribution is -0.144. The maximum atomic E-state index is 12.4. The molecule has 2 fully saturated rings. The lowest BCUT2D eigenvalue weighted by atomic mass is 9.98. The van der Waals surface area contributed by atoms with E-state index < -0.39 is 5.97 Å². The highest BCUT2D eigenvalue weighted by Crippen LogP contribution is 2.40. The average Bonchev–Trinajstić information content (AvgIpc) is 3.38. The van der Waals surface area contributed by atoms with Gasteiger partial charge in [-0.3, -0.25) is 14.5 Å². The summed E-state index contributed by atoms with van der Waals surface area (Å²) in [7, 11) is 0. The van der Waals surface area contributed by atoms with Crippen molar-refractivity contribution in [3.05, 3.63) is 35.9 Å². The zero-order valence-electron chi connectivity index (χ0n) is 13.7. The molecule has 1 saturated heterocycles. The first-order valence-corrected chi connectivity index (χ1v) is 8.43. The van der Waals surface area contributed by atoms with Crippen LogP contribution < -0.4 is 5.32 Å². The average molecular weight is 353 g/mol. The number of carboxylic acid groups (broad SMARTS) is 1. The van der Waals surface area contributed by atoms with Crippen LogP contribution in [0.3, 0.4) is 0 Å². The van der Waals surface area contributed by atoms with Crippen molar-refractivity contribution in [2.45, 2.75) is 31.7 Å². The lowest BCUT2D eigenvalue weighted by Gasteiger charge is -2.30. The molecule has 1 aromatic rings. The van der Waals surface area contributed by atoms with Gasteiger partial charge in [0.15, 0.2) is 0 Å². The van der Waals surface area contributed by atoms with E-state index in [4.69, 9.17) is 5.11 Å². The van der Waals surface area contributed by atoms with E-state index in [0.717, 1.165) is 31.4 Å². The molecular weight excluding hydrogens is 328 g/mol. The Balaban J connectivity index is 0.00000208. The van der Waals surface area contributed by atoms with E-state index in [1.54, 1.807) is 0 Å². The molecule has 5 nitrogen and oxygen atoms in total. The monoisotopic (exact) mass is 352 g/mol. The SMILES string of the molecule is Cl.O=C(CN1CCCC(C(=O)O)C1)NC(c1ccccc1)C1CC1. The van der Waals surface area contributed by atoms with Crippen LogP contribution in [0, 0.1) is 11.8 Å². The predicted molar refractivity (Wildman–Crippen MR) is 94.1 cm³/mol. The molecule has 1 aliphatic carbocycles. The van der Waals surface area contributed by atoms with Crippen molar-refractivity contribution in [1.29, 1.82) is 0 Å². The van der Waals surface area contributed by atoms with E-state index in [1.807, 2.05) is 23.1 Å². The number of hydrogen-bond acceptors (Lipinski definition) is 3. The van der Waals surface area contributed by atoms with E-state index in [-0.39, 0.29) is 30.3 Å². The Morgan fingerprint density at radius 1 is 1.21 bits per heavy atom. The molecule has 2 aliphatic rings. The van der Waals surface area contributed by atoms with Gasteiger partial charge in [-0.05, 0) is 43.7 Å². The van der Waals surface area contributed by atoms with Crippen LogP contribution in [0.25, 0.3) is 0 Å². The summed E-state index contributed by atoms with van der Waals surface area (Å²) in [4.78, 5) is 25.5. The van der Waals surface area contributed by atoms with Gasteiger partial charge in [0.05, 0.1) is 18.5 Å². The Kier molecular flexibility index (Phi) is 6.63. The summed E-state index contributed by atoms with van der Waals surface area (Å²) in [6.45, 7) is 1.57. The summed E-state index contributed by atoms with van der Waals surface area (Å²) < 4.78 is 0. The van der Waals surface area contributed by atoms with Crippen molar-refractivity contribution in [3.63, 3.8) is 0 Å². The number of amides is 1. The third-order valence-electron chi connectivity index (χ3n) is 4.79. The highest BCUT2D eigenvalue weighted by Gasteiger charge is 2.34. The summed E-state index contributed by atoms with van der Waals surface area (Å²) >= 11 is 0. The zero-order valence-corrected chi connectivity index (χ0v) is 14.5. The topological polar surface area (TPSA) is 69.6 Å². The number of halogens is 1. The summed E-state index contributed by atoms with van der Waals surface area (Å²) in [6, 6.07) is 10.2. The number of carbonyl (C=O) groups excluding carboxylic acids is 1. The molecule has 0 spiro atoms. The molecule has 2 unspecified atom stereocenters. The minimum Gasteiger partial charge on any atom is -0.481 e. The molecule has 1 aromatic carbocycles. The summed E-state index contributed by atoms with van der Waals surface area (Å²) in [5.41, 5.74) is 1.16. The van der Waals surface area contributed by atoms with Gasteiger partial charge in [0.2, 0.25) is 5.91 Å². The number of hydrogen-bond donors (Lipinski definition) is 2. The molecule has 0 bridgehead atoms. The fourth-order valence-corrected chi connectivity index (χ4v) is 3.39. The van der Waals surface area contributed by atoms with Crippen molar-refractivity contribution in [2.75, 3.05) is 19.6 Å². The fourth-order valence-electron chi connectivity index (χ4n) is 3.39. The van der Waals surface area contributed by atoms with Gasteiger partial charge < -0.3 is 10.4 Å². The Labute approximate surface area is 148 Å². The van der Waals surface area contributed by atoms with Gasteiger partial charge in [0, 0.05) is 6.54 Å². The lowest BCUT2D eigenvalue weighted by Crippen LogP contribution is -2.45. The van der Waals surface area contributed by atoms with Crippen LogP contribution in [-0.2, 0) is 9.59 Å². The molecule has 1 heterocycles. The highest BCUT2D eigenvalue weighted by atomic mass is 35.5. The molecule has 1 aliphatic heterocycles. The number of piperidine rings is 1. The Hall–Kier alpha value is -1.59. The fraction of sp³-hybridized carbons (Fsp3) is 0.556. The first kappa shape index (κ1) is 18.7. The molecule has 132 valence electrons. The van der Waals surface area contributed by atoms with Crippen LogP contribution in [0.15, 0.2) is 30.3 Å². The Morgan fingerprint density at radius 2 is 1.92 bits per heavy atom. The van der Waals surface area contributed by atoms with Crippen LogP contribution >= 0.6 is 12.4 Å². The van der Waals surface area contributed by atoms with Gasteiger partial charge in [0.25, 0.3) is 0 Å². The van der Waals surface area contributed by atoms with Gasteiger partial charge in [-0.25, -0.2) is 0 Å². The second kappa shape index (κ2) is 8.49. The van der Waals surface area contributed by atoms with E-state index in [1.165, 1.54) is 0 Å². The highest BCUT2D eigenvalue weighted by molar-refractivity contribution is 5.85. The smallest absolute Gasteiger partial charge is 0.307 e. The first-order valence-electron chi connectivity index (χ1n) is 8.43. The molecule has 6 heteroatoms. The van der Waals surface area contributed by atoms with E-state index in [0.29, 0.717) is 25.4 Å². The molecule has 0 radical (unpaired) electrons. The molecule has 0 aromatic heterocycles. The third kappa shape index (κ3) is 4.95. The van der Waals surface area contributed by atoms with Crippen LogP contribution in [0.5, 0.6) is 0 Å². The number of carboxylic acids is 1. The van der Waals surface area contributed by atoms with Gasteiger partial charge in [-0.1, -0.05) is 30.3 Å². The van der Waals surface area contributed by atoms with Crippen molar-refractivity contribution in [1.82, 2.24) is 10.2 Å². The number of likely N-dealkylation sites (tertiary alicyclic amines) is 1. The number of benzene rings is 1. The summed E-state index contributed by atoms with van der Waals surface area (Å²) in [6.07, 6.45) is 3.87. The molecule has 1 saturated carbocycles. The van der Waals surface area contributed by atoms with Gasteiger partial charge >= 0.3 is 5.97 Å². The number of rotatable bonds is 6. The van der Waals surface area contributed by atoms with Crippen molar-refractivity contribution in [2.24, 2.45) is 11.8 Å².